The van der Waals surface area contributed by atoms with Gasteiger partial charge in [0.2, 0.25) is 0 Å². The Hall–Kier alpha value is -1.32. The van der Waals surface area contributed by atoms with Crippen molar-refractivity contribution in [3.05, 3.63) is 42.5 Å². The van der Waals surface area contributed by atoms with Gasteiger partial charge in [-0.15, -0.1) is 6.58 Å². The van der Waals surface area contributed by atoms with E-state index < -0.39 is 6.10 Å². The summed E-state index contributed by atoms with van der Waals surface area (Å²) >= 11 is 0. The zero-order valence-corrected chi connectivity index (χ0v) is 10.6. The van der Waals surface area contributed by atoms with Crippen LogP contribution in [0, 0.1) is 0 Å². The van der Waals surface area contributed by atoms with Crippen LogP contribution >= 0.6 is 0 Å². The molecule has 0 radical (unpaired) electrons. The lowest BCUT2D eigenvalue weighted by Gasteiger charge is -2.23. The van der Waals surface area contributed by atoms with Gasteiger partial charge in [0.05, 0.1) is 12.7 Å². The molecule has 94 valence electrons. The summed E-state index contributed by atoms with van der Waals surface area (Å²) < 4.78 is 5.09. The standard InChI is InChI=1S/C14H21NO2/c1-4-9-15(10-11-17-3)14-7-5-13(6-8-14)12(2)16/h4-8,12,16H,1,9-11H2,2-3H3/t12-/m1/s1. The fraction of sp³-hybridized carbons (Fsp3) is 0.429. The predicted octanol–water partition coefficient (Wildman–Crippen LogP) is 2.38. The predicted molar refractivity (Wildman–Crippen MR) is 71.4 cm³/mol. The van der Waals surface area contributed by atoms with E-state index >= 15 is 0 Å². The molecule has 0 bridgehead atoms. The van der Waals surface area contributed by atoms with Crippen LogP contribution in [-0.4, -0.2) is 31.9 Å². The molecule has 1 N–H and O–H groups in total. The Morgan fingerprint density at radius 1 is 1.41 bits per heavy atom. The molecule has 0 unspecified atom stereocenters. The van der Waals surface area contributed by atoms with E-state index in [2.05, 4.69) is 11.5 Å². The third-order valence-electron chi connectivity index (χ3n) is 2.66. The van der Waals surface area contributed by atoms with Crippen molar-refractivity contribution in [3.8, 4) is 0 Å². The van der Waals surface area contributed by atoms with Gasteiger partial charge in [-0.05, 0) is 24.6 Å². The molecular formula is C14H21NO2. The maximum atomic E-state index is 9.45. The highest BCUT2D eigenvalue weighted by molar-refractivity contribution is 5.48. The van der Waals surface area contributed by atoms with Gasteiger partial charge in [0.15, 0.2) is 0 Å². The molecule has 0 heterocycles. The van der Waals surface area contributed by atoms with Crippen LogP contribution in [0.4, 0.5) is 5.69 Å². The van der Waals surface area contributed by atoms with Crippen molar-refractivity contribution in [1.29, 1.82) is 0 Å². The number of ether oxygens (including phenoxy) is 1. The SMILES string of the molecule is C=CCN(CCOC)c1ccc([C@@H](C)O)cc1. The maximum Gasteiger partial charge on any atom is 0.0761 e. The van der Waals surface area contributed by atoms with Crippen LogP contribution in [0.1, 0.15) is 18.6 Å². The summed E-state index contributed by atoms with van der Waals surface area (Å²) in [5.74, 6) is 0. The van der Waals surface area contributed by atoms with E-state index in [1.807, 2.05) is 30.3 Å². The van der Waals surface area contributed by atoms with Crippen LogP contribution in [-0.2, 0) is 4.74 Å². The second kappa shape index (κ2) is 7.09. The van der Waals surface area contributed by atoms with Crippen molar-refractivity contribution in [1.82, 2.24) is 0 Å². The lowest BCUT2D eigenvalue weighted by molar-refractivity contribution is 0.199. The number of aliphatic hydroxyl groups excluding tert-OH is 1. The Bertz CT molecular complexity index is 333. The third-order valence-corrected chi connectivity index (χ3v) is 2.66. The smallest absolute Gasteiger partial charge is 0.0761 e. The number of aliphatic hydroxyl groups is 1. The molecule has 3 heteroatoms. The average molecular weight is 235 g/mol. The minimum absolute atomic E-state index is 0.420. The molecule has 1 atom stereocenters. The van der Waals surface area contributed by atoms with Gasteiger partial charge in [-0.25, -0.2) is 0 Å². The summed E-state index contributed by atoms with van der Waals surface area (Å²) in [5, 5.41) is 9.45. The number of rotatable bonds is 7. The first-order chi connectivity index (χ1) is 8.19. The van der Waals surface area contributed by atoms with Gasteiger partial charge in [-0.1, -0.05) is 18.2 Å². The van der Waals surface area contributed by atoms with E-state index in [4.69, 9.17) is 4.74 Å². The molecular weight excluding hydrogens is 214 g/mol. The quantitative estimate of drug-likeness (QED) is 0.736. The number of methoxy groups -OCH3 is 1. The zero-order chi connectivity index (χ0) is 12.7. The molecule has 0 saturated carbocycles. The van der Waals surface area contributed by atoms with Gasteiger partial charge in [-0.2, -0.15) is 0 Å². The van der Waals surface area contributed by atoms with E-state index in [1.165, 1.54) is 0 Å². The highest BCUT2D eigenvalue weighted by Crippen LogP contribution is 2.18. The first-order valence-corrected chi connectivity index (χ1v) is 5.82. The largest absolute Gasteiger partial charge is 0.389 e. The molecule has 0 fully saturated rings. The maximum absolute atomic E-state index is 9.45. The van der Waals surface area contributed by atoms with E-state index in [0.717, 1.165) is 24.3 Å². The van der Waals surface area contributed by atoms with Gasteiger partial charge in [0, 0.05) is 25.9 Å². The van der Waals surface area contributed by atoms with Crippen LogP contribution < -0.4 is 4.90 Å². The Labute approximate surface area is 103 Å². The van der Waals surface area contributed by atoms with E-state index in [0.29, 0.717) is 6.61 Å². The third kappa shape index (κ3) is 4.21. The van der Waals surface area contributed by atoms with Crippen molar-refractivity contribution >= 4 is 5.69 Å². The number of anilines is 1. The fourth-order valence-corrected chi connectivity index (χ4v) is 1.65. The van der Waals surface area contributed by atoms with Crippen LogP contribution in [0.25, 0.3) is 0 Å². The highest BCUT2D eigenvalue weighted by Gasteiger charge is 2.05. The summed E-state index contributed by atoms with van der Waals surface area (Å²) in [6.45, 7) is 7.83. The lowest BCUT2D eigenvalue weighted by Crippen LogP contribution is -2.27. The monoisotopic (exact) mass is 235 g/mol. The Balaban J connectivity index is 2.75. The number of benzene rings is 1. The molecule has 0 spiro atoms. The summed E-state index contributed by atoms with van der Waals surface area (Å²) in [7, 11) is 1.70. The summed E-state index contributed by atoms with van der Waals surface area (Å²) in [6, 6.07) is 7.92. The molecule has 0 aromatic heterocycles. The molecule has 1 aromatic carbocycles. The topological polar surface area (TPSA) is 32.7 Å². The molecule has 0 aliphatic heterocycles. The Kier molecular flexibility index (Phi) is 5.73. The molecule has 1 aromatic rings. The van der Waals surface area contributed by atoms with Crippen molar-refractivity contribution < 1.29 is 9.84 Å². The normalized spacial score (nSPS) is 12.2. The van der Waals surface area contributed by atoms with Crippen LogP contribution in [0.2, 0.25) is 0 Å². The molecule has 17 heavy (non-hydrogen) atoms. The zero-order valence-electron chi connectivity index (χ0n) is 10.6. The van der Waals surface area contributed by atoms with Crippen LogP contribution in [0.15, 0.2) is 36.9 Å². The molecule has 0 aliphatic rings. The van der Waals surface area contributed by atoms with Gasteiger partial charge in [0.25, 0.3) is 0 Å². The Morgan fingerprint density at radius 2 is 2.06 bits per heavy atom. The van der Waals surface area contributed by atoms with E-state index in [-0.39, 0.29) is 0 Å². The fourth-order valence-electron chi connectivity index (χ4n) is 1.65. The van der Waals surface area contributed by atoms with E-state index in [1.54, 1.807) is 14.0 Å². The summed E-state index contributed by atoms with van der Waals surface area (Å²) in [6.07, 6.45) is 1.45. The van der Waals surface area contributed by atoms with Crippen molar-refractivity contribution in [2.75, 3.05) is 31.7 Å². The number of hydrogen-bond acceptors (Lipinski definition) is 3. The Morgan fingerprint density at radius 3 is 2.53 bits per heavy atom. The van der Waals surface area contributed by atoms with E-state index in [9.17, 15) is 5.11 Å². The molecule has 0 aliphatic carbocycles. The minimum Gasteiger partial charge on any atom is -0.389 e. The van der Waals surface area contributed by atoms with Gasteiger partial charge < -0.3 is 14.7 Å². The van der Waals surface area contributed by atoms with Crippen molar-refractivity contribution in [2.24, 2.45) is 0 Å². The second-order valence-corrected chi connectivity index (χ2v) is 3.99. The second-order valence-electron chi connectivity index (χ2n) is 3.99. The first-order valence-electron chi connectivity index (χ1n) is 5.82. The summed E-state index contributed by atoms with van der Waals surface area (Å²) in [5.41, 5.74) is 2.05. The van der Waals surface area contributed by atoms with Crippen LogP contribution in [0.3, 0.4) is 0 Å². The summed E-state index contributed by atoms with van der Waals surface area (Å²) in [4.78, 5) is 2.18. The van der Waals surface area contributed by atoms with Crippen molar-refractivity contribution in [2.45, 2.75) is 13.0 Å². The molecule has 0 saturated heterocycles. The minimum atomic E-state index is -0.420. The molecule has 1 rings (SSSR count). The lowest BCUT2D eigenvalue weighted by atomic mass is 10.1. The van der Waals surface area contributed by atoms with Crippen molar-refractivity contribution in [3.63, 3.8) is 0 Å². The van der Waals surface area contributed by atoms with Gasteiger partial charge in [0.1, 0.15) is 0 Å². The van der Waals surface area contributed by atoms with Gasteiger partial charge >= 0.3 is 0 Å². The molecule has 3 nitrogen and oxygen atoms in total. The highest BCUT2D eigenvalue weighted by atomic mass is 16.5. The number of nitrogens with zero attached hydrogens (tertiary/aromatic N) is 1. The van der Waals surface area contributed by atoms with Crippen LogP contribution in [0.5, 0.6) is 0 Å². The average Bonchev–Trinajstić information content (AvgIpc) is 2.34. The molecule has 0 amide bonds. The number of hydrogen-bond donors (Lipinski definition) is 1. The first kappa shape index (κ1) is 13.7. The van der Waals surface area contributed by atoms with Gasteiger partial charge in [-0.3, -0.25) is 0 Å².